The topological polar surface area (TPSA) is 58.3 Å². The molecule has 4 nitrogen and oxygen atoms in total. The Morgan fingerprint density at radius 2 is 2.22 bits per heavy atom. The van der Waals surface area contributed by atoms with Crippen LogP contribution < -0.4 is 5.32 Å². The Bertz CT molecular complexity index is 492. The van der Waals surface area contributed by atoms with Gasteiger partial charge in [0, 0.05) is 25.0 Å². The molecule has 0 saturated carbocycles. The van der Waals surface area contributed by atoms with Crippen LogP contribution in [-0.4, -0.2) is 16.6 Å². The van der Waals surface area contributed by atoms with E-state index in [0.717, 1.165) is 11.3 Å². The fourth-order valence-electron chi connectivity index (χ4n) is 1.82. The molecule has 0 bridgehead atoms. The molecule has 4 heteroatoms. The number of furan rings is 1. The van der Waals surface area contributed by atoms with E-state index < -0.39 is 5.60 Å². The minimum atomic E-state index is -1.00. The van der Waals surface area contributed by atoms with E-state index in [-0.39, 0.29) is 0 Å². The average Bonchev–Trinajstić information content (AvgIpc) is 2.86. The zero-order valence-corrected chi connectivity index (χ0v) is 10.7. The van der Waals surface area contributed by atoms with Crippen molar-refractivity contribution >= 4 is 0 Å². The molecule has 0 aliphatic carbocycles. The van der Waals surface area contributed by atoms with Crippen molar-refractivity contribution in [3.8, 4) is 0 Å². The minimum absolute atomic E-state index is 0.425. The van der Waals surface area contributed by atoms with Gasteiger partial charge in [0.2, 0.25) is 0 Å². The molecule has 0 spiro atoms. The molecule has 0 aliphatic heterocycles. The van der Waals surface area contributed by atoms with Crippen LogP contribution in [0.15, 0.2) is 41.1 Å². The number of nitrogens with one attached hydrogen (secondary N) is 1. The van der Waals surface area contributed by atoms with E-state index in [1.165, 1.54) is 0 Å². The Morgan fingerprint density at radius 3 is 2.89 bits per heavy atom. The number of nitrogens with zero attached hydrogens (tertiary/aromatic N) is 1. The fraction of sp³-hybridized carbons (Fsp3) is 0.357. The van der Waals surface area contributed by atoms with Crippen LogP contribution in [0.3, 0.4) is 0 Å². The summed E-state index contributed by atoms with van der Waals surface area (Å²) in [5.74, 6) is 0.568. The maximum absolute atomic E-state index is 10.3. The summed E-state index contributed by atoms with van der Waals surface area (Å²) in [6.07, 6.45) is 3.34. The van der Waals surface area contributed by atoms with Gasteiger partial charge >= 0.3 is 0 Å². The van der Waals surface area contributed by atoms with Crippen LogP contribution in [0.25, 0.3) is 0 Å². The molecule has 2 N–H and O–H groups in total. The monoisotopic (exact) mass is 246 g/mol. The molecular weight excluding hydrogens is 228 g/mol. The SMILES string of the molecule is Cc1ncccc1CNCC(C)(O)c1ccco1. The molecule has 0 amide bonds. The molecule has 1 unspecified atom stereocenters. The molecule has 18 heavy (non-hydrogen) atoms. The molecule has 0 saturated heterocycles. The van der Waals surface area contributed by atoms with Crippen molar-refractivity contribution in [3.63, 3.8) is 0 Å². The lowest BCUT2D eigenvalue weighted by atomic mass is 10.0. The first-order valence-corrected chi connectivity index (χ1v) is 5.97. The Morgan fingerprint density at radius 1 is 1.39 bits per heavy atom. The molecule has 2 aromatic rings. The highest BCUT2D eigenvalue weighted by molar-refractivity contribution is 5.18. The van der Waals surface area contributed by atoms with E-state index in [9.17, 15) is 5.11 Å². The van der Waals surface area contributed by atoms with Crippen molar-refractivity contribution in [2.24, 2.45) is 0 Å². The molecule has 96 valence electrons. The van der Waals surface area contributed by atoms with Gasteiger partial charge in [0.1, 0.15) is 11.4 Å². The van der Waals surface area contributed by atoms with Gasteiger partial charge in [0.15, 0.2) is 0 Å². The lowest BCUT2D eigenvalue weighted by molar-refractivity contribution is 0.0340. The van der Waals surface area contributed by atoms with Crippen molar-refractivity contribution in [3.05, 3.63) is 53.7 Å². The van der Waals surface area contributed by atoms with Gasteiger partial charge in [0.25, 0.3) is 0 Å². The van der Waals surface area contributed by atoms with Gasteiger partial charge in [-0.15, -0.1) is 0 Å². The average molecular weight is 246 g/mol. The van der Waals surface area contributed by atoms with Crippen molar-refractivity contribution in [2.75, 3.05) is 6.54 Å². The van der Waals surface area contributed by atoms with Crippen LogP contribution in [-0.2, 0) is 12.1 Å². The highest BCUT2D eigenvalue weighted by Gasteiger charge is 2.25. The zero-order valence-electron chi connectivity index (χ0n) is 10.7. The summed E-state index contributed by atoms with van der Waals surface area (Å²) in [7, 11) is 0. The number of pyridine rings is 1. The number of aryl methyl sites for hydroxylation is 1. The third kappa shape index (κ3) is 2.97. The molecule has 0 aliphatic rings. The van der Waals surface area contributed by atoms with E-state index in [2.05, 4.69) is 10.3 Å². The highest BCUT2D eigenvalue weighted by atomic mass is 16.4. The Labute approximate surface area is 107 Å². The summed E-state index contributed by atoms with van der Waals surface area (Å²) in [5, 5.41) is 13.5. The predicted molar refractivity (Wildman–Crippen MR) is 69.0 cm³/mol. The number of hydrogen-bond donors (Lipinski definition) is 2. The molecule has 2 heterocycles. The molecule has 0 aromatic carbocycles. The van der Waals surface area contributed by atoms with Gasteiger partial charge in [-0.25, -0.2) is 0 Å². The summed E-state index contributed by atoms with van der Waals surface area (Å²) < 4.78 is 5.22. The van der Waals surface area contributed by atoms with Crippen LogP contribution in [0.2, 0.25) is 0 Å². The van der Waals surface area contributed by atoms with Crippen molar-refractivity contribution in [2.45, 2.75) is 26.0 Å². The predicted octanol–water partition coefficient (Wildman–Crippen LogP) is 1.98. The van der Waals surface area contributed by atoms with Crippen LogP contribution in [0.4, 0.5) is 0 Å². The van der Waals surface area contributed by atoms with E-state index >= 15 is 0 Å². The normalized spacial score (nSPS) is 14.4. The molecular formula is C14H18N2O2. The molecule has 2 aromatic heterocycles. The second kappa shape index (κ2) is 5.33. The van der Waals surface area contributed by atoms with E-state index in [4.69, 9.17) is 4.42 Å². The van der Waals surface area contributed by atoms with E-state index in [1.807, 2.05) is 19.1 Å². The van der Waals surface area contributed by atoms with Crippen molar-refractivity contribution in [1.82, 2.24) is 10.3 Å². The second-order valence-corrected chi connectivity index (χ2v) is 4.60. The number of aromatic nitrogens is 1. The van der Waals surface area contributed by atoms with Gasteiger partial charge in [-0.3, -0.25) is 4.98 Å². The maximum Gasteiger partial charge on any atom is 0.136 e. The first-order valence-electron chi connectivity index (χ1n) is 5.97. The summed E-state index contributed by atoms with van der Waals surface area (Å²) >= 11 is 0. The van der Waals surface area contributed by atoms with Crippen LogP contribution >= 0.6 is 0 Å². The van der Waals surface area contributed by atoms with Gasteiger partial charge in [-0.2, -0.15) is 0 Å². The number of hydrogen-bond acceptors (Lipinski definition) is 4. The lowest BCUT2D eigenvalue weighted by Crippen LogP contribution is -2.34. The van der Waals surface area contributed by atoms with Gasteiger partial charge in [0.05, 0.1) is 6.26 Å². The molecule has 1 atom stereocenters. The largest absolute Gasteiger partial charge is 0.466 e. The minimum Gasteiger partial charge on any atom is -0.466 e. The third-order valence-electron chi connectivity index (χ3n) is 2.95. The quantitative estimate of drug-likeness (QED) is 0.847. The summed E-state index contributed by atoms with van der Waals surface area (Å²) in [6, 6.07) is 7.48. The van der Waals surface area contributed by atoms with E-state index in [0.29, 0.717) is 18.8 Å². The molecule has 0 radical (unpaired) electrons. The smallest absolute Gasteiger partial charge is 0.136 e. The van der Waals surface area contributed by atoms with Crippen LogP contribution in [0.1, 0.15) is 23.9 Å². The standard InChI is InChI=1S/C14H18N2O2/c1-11-12(5-3-7-16-11)9-15-10-14(2,17)13-6-4-8-18-13/h3-8,15,17H,9-10H2,1-2H3. The Balaban J connectivity index is 1.91. The van der Waals surface area contributed by atoms with Crippen LogP contribution in [0.5, 0.6) is 0 Å². The summed E-state index contributed by atoms with van der Waals surface area (Å²) in [6.45, 7) is 4.81. The summed E-state index contributed by atoms with van der Waals surface area (Å²) in [5.41, 5.74) is 1.13. The molecule has 2 rings (SSSR count). The van der Waals surface area contributed by atoms with Gasteiger partial charge in [-0.05, 0) is 37.6 Å². The molecule has 0 fully saturated rings. The first kappa shape index (κ1) is 12.8. The Kier molecular flexibility index (Phi) is 3.79. The van der Waals surface area contributed by atoms with Gasteiger partial charge in [-0.1, -0.05) is 6.07 Å². The number of aliphatic hydroxyl groups is 1. The maximum atomic E-state index is 10.3. The van der Waals surface area contributed by atoms with E-state index in [1.54, 1.807) is 31.5 Å². The second-order valence-electron chi connectivity index (χ2n) is 4.60. The fourth-order valence-corrected chi connectivity index (χ4v) is 1.82. The highest BCUT2D eigenvalue weighted by Crippen LogP contribution is 2.19. The van der Waals surface area contributed by atoms with Crippen molar-refractivity contribution in [1.29, 1.82) is 0 Å². The number of rotatable bonds is 5. The van der Waals surface area contributed by atoms with Crippen LogP contribution in [0, 0.1) is 6.92 Å². The lowest BCUT2D eigenvalue weighted by Gasteiger charge is -2.21. The van der Waals surface area contributed by atoms with Crippen molar-refractivity contribution < 1.29 is 9.52 Å². The Hall–Kier alpha value is -1.65. The van der Waals surface area contributed by atoms with Gasteiger partial charge < -0.3 is 14.8 Å². The summed E-state index contributed by atoms with van der Waals surface area (Å²) in [4.78, 5) is 4.22. The third-order valence-corrected chi connectivity index (χ3v) is 2.95. The first-order chi connectivity index (χ1) is 8.59. The zero-order chi connectivity index (χ0) is 13.0.